The van der Waals surface area contributed by atoms with Crippen LogP contribution in [0.1, 0.15) is 38.5 Å². The van der Waals surface area contributed by atoms with Crippen LogP contribution < -0.4 is 11.3 Å². The van der Waals surface area contributed by atoms with Crippen molar-refractivity contribution in [1.82, 2.24) is 15.2 Å². The van der Waals surface area contributed by atoms with E-state index in [4.69, 9.17) is 5.84 Å². The summed E-state index contributed by atoms with van der Waals surface area (Å²) < 4.78 is 0. The van der Waals surface area contributed by atoms with Crippen LogP contribution in [0.15, 0.2) is 0 Å². The van der Waals surface area contributed by atoms with Crippen molar-refractivity contribution in [2.75, 3.05) is 26.2 Å². The van der Waals surface area contributed by atoms with E-state index in [0.29, 0.717) is 25.7 Å². The van der Waals surface area contributed by atoms with E-state index in [1.54, 1.807) is 0 Å². The molecule has 2 aliphatic carbocycles. The van der Waals surface area contributed by atoms with Gasteiger partial charge in [-0.05, 0) is 44.4 Å². The summed E-state index contributed by atoms with van der Waals surface area (Å²) in [4.78, 5) is 28.3. The molecule has 1 aliphatic heterocycles. The lowest BCUT2D eigenvalue weighted by Gasteiger charge is -2.33. The van der Waals surface area contributed by atoms with E-state index in [9.17, 15) is 9.59 Å². The Morgan fingerprint density at radius 2 is 1.76 bits per heavy atom. The minimum absolute atomic E-state index is 0.0370. The SMILES string of the molecule is NNC(=O)C1CCN(C(=O)CN(CC2CC2)C2CC2)CC1. The van der Waals surface area contributed by atoms with Gasteiger partial charge in [0.1, 0.15) is 0 Å². The van der Waals surface area contributed by atoms with Crippen molar-refractivity contribution >= 4 is 11.8 Å². The van der Waals surface area contributed by atoms with Gasteiger partial charge in [-0.2, -0.15) is 0 Å². The molecule has 3 rings (SSSR count). The van der Waals surface area contributed by atoms with E-state index in [-0.39, 0.29) is 17.7 Å². The fraction of sp³-hybridized carbons (Fsp3) is 0.867. The van der Waals surface area contributed by atoms with Crippen molar-refractivity contribution in [3.8, 4) is 0 Å². The number of carbonyl (C=O) groups excluding carboxylic acids is 2. The maximum Gasteiger partial charge on any atom is 0.237 e. The summed E-state index contributed by atoms with van der Waals surface area (Å²) in [6, 6.07) is 0.648. The summed E-state index contributed by atoms with van der Waals surface area (Å²) in [6.45, 7) is 3.02. The second kappa shape index (κ2) is 6.32. The first-order chi connectivity index (χ1) is 10.2. The van der Waals surface area contributed by atoms with E-state index in [2.05, 4.69) is 10.3 Å². The minimum atomic E-state index is -0.101. The van der Waals surface area contributed by atoms with Gasteiger partial charge in [0.2, 0.25) is 11.8 Å². The topological polar surface area (TPSA) is 78.7 Å². The maximum absolute atomic E-state index is 12.4. The molecule has 3 N–H and O–H groups in total. The molecule has 0 unspecified atom stereocenters. The van der Waals surface area contributed by atoms with Gasteiger partial charge in [0, 0.05) is 31.6 Å². The quantitative estimate of drug-likeness (QED) is 0.413. The van der Waals surface area contributed by atoms with Crippen LogP contribution in [0.25, 0.3) is 0 Å². The molecule has 1 heterocycles. The molecule has 6 heteroatoms. The molecule has 118 valence electrons. The molecule has 0 bridgehead atoms. The van der Waals surface area contributed by atoms with Crippen molar-refractivity contribution in [3.63, 3.8) is 0 Å². The van der Waals surface area contributed by atoms with Gasteiger partial charge in [-0.3, -0.25) is 19.9 Å². The highest BCUT2D eigenvalue weighted by Crippen LogP contribution is 2.34. The number of nitrogens with one attached hydrogen (secondary N) is 1. The Bertz CT molecular complexity index is 398. The number of nitrogens with zero attached hydrogens (tertiary/aromatic N) is 2. The average molecular weight is 294 g/mol. The first kappa shape index (κ1) is 14.8. The summed E-state index contributed by atoms with van der Waals surface area (Å²) in [5, 5.41) is 0. The lowest BCUT2D eigenvalue weighted by Crippen LogP contribution is -2.47. The molecule has 0 radical (unpaired) electrons. The maximum atomic E-state index is 12.4. The summed E-state index contributed by atoms with van der Waals surface area (Å²) in [6.07, 6.45) is 6.60. The highest BCUT2D eigenvalue weighted by atomic mass is 16.2. The Kier molecular flexibility index (Phi) is 4.45. The van der Waals surface area contributed by atoms with Crippen molar-refractivity contribution < 1.29 is 9.59 Å². The molecule has 0 atom stereocenters. The fourth-order valence-electron chi connectivity index (χ4n) is 3.20. The molecule has 1 saturated heterocycles. The van der Waals surface area contributed by atoms with Gasteiger partial charge >= 0.3 is 0 Å². The molecule has 2 amide bonds. The zero-order chi connectivity index (χ0) is 14.8. The van der Waals surface area contributed by atoms with Crippen LogP contribution in [0.2, 0.25) is 0 Å². The summed E-state index contributed by atoms with van der Waals surface area (Å²) in [5.41, 5.74) is 2.21. The van der Waals surface area contributed by atoms with Crippen molar-refractivity contribution in [2.45, 2.75) is 44.6 Å². The molecule has 3 aliphatic rings. The Morgan fingerprint density at radius 3 is 2.29 bits per heavy atom. The van der Waals surface area contributed by atoms with Crippen LogP contribution in [0.5, 0.6) is 0 Å². The lowest BCUT2D eigenvalue weighted by molar-refractivity contribution is -0.136. The molecule has 0 aromatic carbocycles. The number of hydrogen-bond donors (Lipinski definition) is 2. The molecular weight excluding hydrogens is 268 g/mol. The third kappa shape index (κ3) is 3.95. The van der Waals surface area contributed by atoms with Crippen LogP contribution in [0, 0.1) is 11.8 Å². The van der Waals surface area contributed by atoms with Crippen LogP contribution in [-0.4, -0.2) is 53.8 Å². The summed E-state index contributed by atoms with van der Waals surface area (Å²) in [7, 11) is 0. The monoisotopic (exact) mass is 294 g/mol. The van der Waals surface area contributed by atoms with Gasteiger partial charge in [-0.1, -0.05) is 0 Å². The van der Waals surface area contributed by atoms with E-state index in [0.717, 1.165) is 25.3 Å². The first-order valence-electron chi connectivity index (χ1n) is 8.19. The predicted octanol–water partition coefficient (Wildman–Crippen LogP) is 0.0893. The molecule has 0 spiro atoms. The number of piperidine rings is 1. The van der Waals surface area contributed by atoms with E-state index < -0.39 is 0 Å². The highest BCUT2D eigenvalue weighted by molar-refractivity contribution is 5.80. The Hall–Kier alpha value is -1.14. The molecule has 3 fully saturated rings. The van der Waals surface area contributed by atoms with Crippen molar-refractivity contribution in [2.24, 2.45) is 17.7 Å². The second-order valence-electron chi connectivity index (χ2n) is 6.77. The number of hydrogen-bond acceptors (Lipinski definition) is 4. The van der Waals surface area contributed by atoms with Gasteiger partial charge in [0.15, 0.2) is 0 Å². The molecule has 0 aromatic heterocycles. The van der Waals surface area contributed by atoms with Crippen LogP contribution in [0.3, 0.4) is 0 Å². The standard InChI is InChI=1S/C15H26N4O2/c16-17-15(21)12-5-7-18(8-6-12)14(20)10-19(13-3-4-13)9-11-1-2-11/h11-13H,1-10,16H2,(H,17,21). The number of rotatable bonds is 6. The zero-order valence-corrected chi connectivity index (χ0v) is 12.6. The number of hydrazine groups is 1. The van der Waals surface area contributed by atoms with Crippen molar-refractivity contribution in [1.29, 1.82) is 0 Å². The Labute approximate surface area is 126 Å². The van der Waals surface area contributed by atoms with Gasteiger partial charge in [0.05, 0.1) is 6.54 Å². The van der Waals surface area contributed by atoms with Crippen LogP contribution in [-0.2, 0) is 9.59 Å². The number of carbonyl (C=O) groups is 2. The molecule has 6 nitrogen and oxygen atoms in total. The van der Waals surface area contributed by atoms with Crippen molar-refractivity contribution in [3.05, 3.63) is 0 Å². The highest BCUT2D eigenvalue weighted by Gasteiger charge is 2.36. The lowest BCUT2D eigenvalue weighted by atomic mass is 9.96. The summed E-state index contributed by atoms with van der Waals surface area (Å²) in [5.74, 6) is 6.09. The second-order valence-corrected chi connectivity index (χ2v) is 6.77. The average Bonchev–Trinajstić information content (AvgIpc) is 3.38. The smallest absolute Gasteiger partial charge is 0.237 e. The van der Waals surface area contributed by atoms with Gasteiger partial charge in [-0.15, -0.1) is 0 Å². The number of likely N-dealkylation sites (tertiary alicyclic amines) is 1. The first-order valence-corrected chi connectivity index (χ1v) is 8.19. The van der Waals surface area contributed by atoms with Gasteiger partial charge in [0.25, 0.3) is 0 Å². The Morgan fingerprint density at radius 1 is 1.10 bits per heavy atom. The molecule has 0 aromatic rings. The number of amides is 2. The Balaban J connectivity index is 1.45. The molecule has 2 saturated carbocycles. The number of nitrogens with two attached hydrogens (primary N) is 1. The van der Waals surface area contributed by atoms with Crippen LogP contribution in [0.4, 0.5) is 0 Å². The third-order valence-electron chi connectivity index (χ3n) is 4.95. The van der Waals surface area contributed by atoms with E-state index in [1.165, 1.54) is 25.7 Å². The summed E-state index contributed by atoms with van der Waals surface area (Å²) >= 11 is 0. The third-order valence-corrected chi connectivity index (χ3v) is 4.95. The zero-order valence-electron chi connectivity index (χ0n) is 12.6. The van der Waals surface area contributed by atoms with Crippen LogP contribution >= 0.6 is 0 Å². The van der Waals surface area contributed by atoms with Gasteiger partial charge < -0.3 is 4.90 Å². The molecule has 21 heavy (non-hydrogen) atoms. The minimum Gasteiger partial charge on any atom is -0.342 e. The van der Waals surface area contributed by atoms with Gasteiger partial charge in [-0.25, -0.2) is 5.84 Å². The normalized spacial score (nSPS) is 23.4. The predicted molar refractivity (Wildman–Crippen MR) is 79.0 cm³/mol. The van der Waals surface area contributed by atoms with E-state index >= 15 is 0 Å². The fourth-order valence-corrected chi connectivity index (χ4v) is 3.20. The molecular formula is C15H26N4O2. The largest absolute Gasteiger partial charge is 0.342 e. The van der Waals surface area contributed by atoms with E-state index in [1.807, 2.05) is 4.90 Å².